The number of likely N-dealkylation sites (N-methyl/N-ethyl adjacent to an activating group) is 1. The molecule has 0 radical (unpaired) electrons. The van der Waals surface area contributed by atoms with Crippen LogP contribution in [0, 0.1) is 6.92 Å². The SMILES string of the molecule is CCN(CC)C(=O)C(C)Oc1ccc(C)cc1[C@H](C)N. The van der Waals surface area contributed by atoms with Crippen molar-refractivity contribution in [3.63, 3.8) is 0 Å². The third kappa shape index (κ3) is 3.97. The molecule has 0 aliphatic rings. The van der Waals surface area contributed by atoms with Gasteiger partial charge in [-0.2, -0.15) is 0 Å². The first-order valence-corrected chi connectivity index (χ1v) is 7.22. The van der Waals surface area contributed by atoms with E-state index in [2.05, 4.69) is 0 Å². The Morgan fingerprint density at radius 2 is 1.90 bits per heavy atom. The van der Waals surface area contributed by atoms with Crippen molar-refractivity contribution >= 4 is 5.91 Å². The van der Waals surface area contributed by atoms with E-state index in [1.165, 1.54) is 0 Å². The van der Waals surface area contributed by atoms with Crippen LogP contribution in [0.5, 0.6) is 5.75 Å². The molecular weight excluding hydrogens is 252 g/mol. The van der Waals surface area contributed by atoms with Gasteiger partial charge in [-0.3, -0.25) is 4.79 Å². The van der Waals surface area contributed by atoms with Crippen LogP contribution in [-0.2, 0) is 4.79 Å². The maximum absolute atomic E-state index is 12.2. The van der Waals surface area contributed by atoms with Gasteiger partial charge in [0.2, 0.25) is 0 Å². The Hall–Kier alpha value is -1.55. The normalized spacial score (nSPS) is 13.7. The lowest BCUT2D eigenvalue weighted by Crippen LogP contribution is -2.40. The van der Waals surface area contributed by atoms with Crippen molar-refractivity contribution in [3.8, 4) is 5.75 Å². The van der Waals surface area contributed by atoms with Crippen LogP contribution < -0.4 is 10.5 Å². The summed E-state index contributed by atoms with van der Waals surface area (Å²) in [5.41, 5.74) is 8.04. The van der Waals surface area contributed by atoms with Crippen molar-refractivity contribution in [2.24, 2.45) is 5.73 Å². The van der Waals surface area contributed by atoms with E-state index in [9.17, 15) is 4.79 Å². The van der Waals surface area contributed by atoms with Crippen LogP contribution in [0.2, 0.25) is 0 Å². The number of nitrogens with two attached hydrogens (primary N) is 1. The van der Waals surface area contributed by atoms with Crippen molar-refractivity contribution in [2.75, 3.05) is 13.1 Å². The molecule has 0 aromatic heterocycles. The van der Waals surface area contributed by atoms with E-state index < -0.39 is 6.10 Å². The molecule has 112 valence electrons. The van der Waals surface area contributed by atoms with Crippen molar-refractivity contribution in [1.29, 1.82) is 0 Å². The lowest BCUT2D eigenvalue weighted by atomic mass is 10.1. The second-order valence-electron chi connectivity index (χ2n) is 5.10. The quantitative estimate of drug-likeness (QED) is 0.870. The second kappa shape index (κ2) is 7.29. The van der Waals surface area contributed by atoms with E-state index >= 15 is 0 Å². The van der Waals surface area contributed by atoms with Gasteiger partial charge in [-0.25, -0.2) is 0 Å². The Bertz CT molecular complexity index is 454. The third-order valence-corrected chi connectivity index (χ3v) is 3.38. The fourth-order valence-corrected chi connectivity index (χ4v) is 2.16. The van der Waals surface area contributed by atoms with Gasteiger partial charge in [0.1, 0.15) is 5.75 Å². The molecule has 1 aromatic rings. The average molecular weight is 278 g/mol. The van der Waals surface area contributed by atoms with Gasteiger partial charge in [0.25, 0.3) is 5.91 Å². The minimum absolute atomic E-state index is 0.00574. The zero-order valence-electron chi connectivity index (χ0n) is 13.1. The maximum atomic E-state index is 12.2. The van der Waals surface area contributed by atoms with E-state index in [0.29, 0.717) is 18.8 Å². The Morgan fingerprint density at radius 1 is 1.30 bits per heavy atom. The number of nitrogens with zero attached hydrogens (tertiary/aromatic N) is 1. The van der Waals surface area contributed by atoms with Crippen molar-refractivity contribution in [2.45, 2.75) is 46.8 Å². The van der Waals surface area contributed by atoms with Gasteiger partial charge in [0, 0.05) is 24.7 Å². The minimum atomic E-state index is -0.505. The predicted molar refractivity (Wildman–Crippen MR) is 81.8 cm³/mol. The number of amides is 1. The molecule has 0 spiro atoms. The summed E-state index contributed by atoms with van der Waals surface area (Å²) in [4.78, 5) is 14.0. The largest absolute Gasteiger partial charge is 0.481 e. The van der Waals surface area contributed by atoms with Crippen LogP contribution >= 0.6 is 0 Å². The summed E-state index contributed by atoms with van der Waals surface area (Å²) >= 11 is 0. The van der Waals surface area contributed by atoms with Crippen molar-refractivity contribution < 1.29 is 9.53 Å². The number of hydrogen-bond acceptors (Lipinski definition) is 3. The zero-order valence-corrected chi connectivity index (χ0v) is 13.1. The zero-order chi connectivity index (χ0) is 15.3. The molecule has 2 atom stereocenters. The molecule has 0 aliphatic carbocycles. The van der Waals surface area contributed by atoms with Gasteiger partial charge in [-0.1, -0.05) is 17.7 Å². The first-order valence-electron chi connectivity index (χ1n) is 7.22. The van der Waals surface area contributed by atoms with Gasteiger partial charge in [-0.05, 0) is 40.7 Å². The highest BCUT2D eigenvalue weighted by molar-refractivity contribution is 5.80. The Labute approximate surface area is 121 Å². The topological polar surface area (TPSA) is 55.6 Å². The second-order valence-corrected chi connectivity index (χ2v) is 5.10. The summed E-state index contributed by atoms with van der Waals surface area (Å²) in [7, 11) is 0. The van der Waals surface area contributed by atoms with E-state index in [1.54, 1.807) is 11.8 Å². The average Bonchev–Trinajstić information content (AvgIpc) is 2.41. The number of hydrogen-bond donors (Lipinski definition) is 1. The molecule has 20 heavy (non-hydrogen) atoms. The first-order chi connectivity index (χ1) is 9.40. The van der Waals surface area contributed by atoms with Gasteiger partial charge < -0.3 is 15.4 Å². The molecule has 4 heteroatoms. The fraction of sp³-hybridized carbons (Fsp3) is 0.562. The Kier molecular flexibility index (Phi) is 6.02. The number of carbonyl (C=O) groups is 1. The highest BCUT2D eigenvalue weighted by atomic mass is 16.5. The molecular formula is C16H26N2O2. The van der Waals surface area contributed by atoms with Gasteiger partial charge in [0.15, 0.2) is 6.10 Å². The van der Waals surface area contributed by atoms with Crippen LogP contribution in [0.1, 0.15) is 44.9 Å². The third-order valence-electron chi connectivity index (χ3n) is 3.38. The van der Waals surface area contributed by atoms with E-state index in [4.69, 9.17) is 10.5 Å². The molecule has 0 heterocycles. The Morgan fingerprint density at radius 3 is 2.40 bits per heavy atom. The number of ether oxygens (including phenoxy) is 1. The number of aryl methyl sites for hydroxylation is 1. The summed E-state index contributed by atoms with van der Waals surface area (Å²) in [5, 5.41) is 0. The summed E-state index contributed by atoms with van der Waals surface area (Å²) in [6, 6.07) is 5.74. The molecule has 1 unspecified atom stereocenters. The molecule has 1 aromatic carbocycles. The highest BCUT2D eigenvalue weighted by Crippen LogP contribution is 2.26. The summed E-state index contributed by atoms with van der Waals surface area (Å²) in [5.74, 6) is 0.699. The van der Waals surface area contributed by atoms with Crippen molar-refractivity contribution in [3.05, 3.63) is 29.3 Å². The van der Waals surface area contributed by atoms with Crippen LogP contribution in [0.25, 0.3) is 0 Å². The molecule has 4 nitrogen and oxygen atoms in total. The lowest BCUT2D eigenvalue weighted by Gasteiger charge is -2.24. The maximum Gasteiger partial charge on any atom is 0.263 e. The molecule has 0 aliphatic heterocycles. The minimum Gasteiger partial charge on any atom is -0.481 e. The fourth-order valence-electron chi connectivity index (χ4n) is 2.16. The number of rotatable bonds is 6. The van der Waals surface area contributed by atoms with Crippen LogP contribution in [0.3, 0.4) is 0 Å². The predicted octanol–water partition coefficient (Wildman–Crippen LogP) is 2.65. The molecule has 2 N–H and O–H groups in total. The number of carbonyl (C=O) groups excluding carboxylic acids is 1. The molecule has 0 fully saturated rings. The molecule has 0 saturated heterocycles. The van der Waals surface area contributed by atoms with Crippen LogP contribution in [-0.4, -0.2) is 30.0 Å². The molecule has 0 saturated carbocycles. The monoisotopic (exact) mass is 278 g/mol. The van der Waals surface area contributed by atoms with Gasteiger partial charge in [-0.15, -0.1) is 0 Å². The van der Waals surface area contributed by atoms with Gasteiger partial charge >= 0.3 is 0 Å². The van der Waals surface area contributed by atoms with Crippen molar-refractivity contribution in [1.82, 2.24) is 4.90 Å². The highest BCUT2D eigenvalue weighted by Gasteiger charge is 2.21. The molecule has 0 bridgehead atoms. The first kappa shape index (κ1) is 16.5. The van der Waals surface area contributed by atoms with E-state index in [1.807, 2.05) is 45.9 Å². The standard InChI is InChI=1S/C16H26N2O2/c1-6-18(7-2)16(19)13(5)20-15-9-8-11(3)10-14(15)12(4)17/h8-10,12-13H,6-7,17H2,1-5H3/t12-,13?/m0/s1. The molecule has 1 amide bonds. The lowest BCUT2D eigenvalue weighted by molar-refractivity contribution is -0.137. The van der Waals surface area contributed by atoms with E-state index in [-0.39, 0.29) is 11.9 Å². The summed E-state index contributed by atoms with van der Waals surface area (Å²) in [6.45, 7) is 11.0. The summed E-state index contributed by atoms with van der Waals surface area (Å²) < 4.78 is 5.84. The molecule has 1 rings (SSSR count). The van der Waals surface area contributed by atoms with E-state index in [0.717, 1.165) is 11.1 Å². The van der Waals surface area contributed by atoms with Crippen LogP contribution in [0.15, 0.2) is 18.2 Å². The smallest absolute Gasteiger partial charge is 0.263 e. The Balaban J connectivity index is 2.90. The van der Waals surface area contributed by atoms with Gasteiger partial charge in [0.05, 0.1) is 0 Å². The van der Waals surface area contributed by atoms with Crippen LogP contribution in [0.4, 0.5) is 0 Å². The summed E-state index contributed by atoms with van der Waals surface area (Å²) in [6.07, 6.45) is -0.505. The number of benzene rings is 1.